The van der Waals surface area contributed by atoms with Crippen molar-refractivity contribution in [2.24, 2.45) is 0 Å². The predicted octanol–water partition coefficient (Wildman–Crippen LogP) is 0.988. The molecule has 2 fully saturated rings. The van der Waals surface area contributed by atoms with Gasteiger partial charge in [0.1, 0.15) is 5.82 Å². The Balaban J connectivity index is 1.55. The Hall–Kier alpha value is -1.98. The molecule has 0 unspecified atom stereocenters. The monoisotopic (exact) mass is 438 g/mol. The molecule has 0 bridgehead atoms. The number of aromatic nitrogens is 2. The van der Waals surface area contributed by atoms with Gasteiger partial charge in [0.15, 0.2) is 0 Å². The number of carbonyl (C=O) groups excluding carboxylic acids is 1. The lowest BCUT2D eigenvalue weighted by Crippen LogP contribution is -2.56. The van der Waals surface area contributed by atoms with Crippen molar-refractivity contribution in [3.63, 3.8) is 0 Å². The van der Waals surface area contributed by atoms with Gasteiger partial charge in [0, 0.05) is 37.9 Å². The molecule has 2 aliphatic heterocycles. The van der Waals surface area contributed by atoms with Crippen molar-refractivity contribution in [1.82, 2.24) is 19.2 Å². The molecule has 4 rings (SSSR count). The first-order valence-electron chi connectivity index (χ1n) is 10.4. The molecule has 1 saturated heterocycles. The number of rotatable bonds is 4. The normalized spacial score (nSPS) is 28.7. The lowest BCUT2D eigenvalue weighted by molar-refractivity contribution is 0.0486. The summed E-state index contributed by atoms with van der Waals surface area (Å²) in [4.78, 5) is 25.3. The quantitative estimate of drug-likeness (QED) is 0.719. The minimum Gasteiger partial charge on any atom is -0.388 e. The summed E-state index contributed by atoms with van der Waals surface area (Å²) < 4.78 is 24.9. The fourth-order valence-electron chi connectivity index (χ4n) is 4.72. The average molecular weight is 439 g/mol. The van der Waals surface area contributed by atoms with Gasteiger partial charge < -0.3 is 15.3 Å². The maximum Gasteiger partial charge on any atom is 0.326 e. The summed E-state index contributed by atoms with van der Waals surface area (Å²) in [5.74, 6) is 0.975. The second-order valence-corrected chi connectivity index (χ2v) is 10.9. The van der Waals surface area contributed by atoms with Crippen LogP contribution in [0.2, 0.25) is 0 Å². The summed E-state index contributed by atoms with van der Waals surface area (Å²) in [6.45, 7) is 3.12. The smallest absolute Gasteiger partial charge is 0.326 e. The number of aliphatic hydroxyl groups is 1. The second-order valence-electron chi connectivity index (χ2n) is 8.90. The van der Waals surface area contributed by atoms with E-state index in [1.54, 1.807) is 30.0 Å². The molecule has 30 heavy (non-hydrogen) atoms. The number of urea groups is 1. The Morgan fingerprint density at radius 1 is 1.27 bits per heavy atom. The number of nitrogens with one attached hydrogen (secondary N) is 1. The molecule has 2 N–H and O–H groups in total. The molecule has 166 valence electrons. The highest BCUT2D eigenvalue weighted by atomic mass is 32.2. The Bertz CT molecular complexity index is 929. The number of amides is 2. The molecule has 3 aliphatic rings. The van der Waals surface area contributed by atoms with Gasteiger partial charge in [-0.1, -0.05) is 0 Å². The van der Waals surface area contributed by atoms with Gasteiger partial charge in [0.05, 0.1) is 24.4 Å². The van der Waals surface area contributed by atoms with Gasteiger partial charge in [-0.25, -0.2) is 22.5 Å². The van der Waals surface area contributed by atoms with E-state index in [2.05, 4.69) is 15.3 Å². The van der Waals surface area contributed by atoms with Gasteiger partial charge in [-0.15, -0.1) is 0 Å². The Morgan fingerprint density at radius 3 is 2.57 bits per heavy atom. The van der Waals surface area contributed by atoms with Gasteiger partial charge in [-0.05, 0) is 39.0 Å². The van der Waals surface area contributed by atoms with Crippen LogP contribution in [0.5, 0.6) is 0 Å². The molecule has 1 aliphatic carbocycles. The average Bonchev–Trinajstić information content (AvgIpc) is 3.02. The molecule has 11 heteroatoms. The van der Waals surface area contributed by atoms with Gasteiger partial charge in [0.2, 0.25) is 16.0 Å². The lowest BCUT2D eigenvalue weighted by atomic mass is 9.98. The van der Waals surface area contributed by atoms with Crippen LogP contribution in [-0.2, 0) is 16.6 Å². The third kappa shape index (κ3) is 3.97. The third-order valence-corrected chi connectivity index (χ3v) is 7.76. The highest BCUT2D eigenvalue weighted by Crippen LogP contribution is 2.39. The van der Waals surface area contributed by atoms with Crippen LogP contribution < -0.4 is 10.2 Å². The van der Waals surface area contributed by atoms with Crippen molar-refractivity contribution in [3.8, 4) is 0 Å². The molecule has 1 aromatic heterocycles. The van der Waals surface area contributed by atoms with E-state index in [4.69, 9.17) is 0 Å². The standard InChI is InChI=1S/C19H30N6O4S/c1-19(27)8-4-5-15(19)25-16-13(12-23(2)18(25)26)11-20-17(22-16)21-14-6-9-24(10-7-14)30(3,28)29/h11,14-15,27H,4-10,12H2,1-3H3,(H,20,21,22)/t15-,19-/m1/s1. The first kappa shape index (κ1) is 21.3. The number of nitrogens with zero attached hydrogens (tertiary/aromatic N) is 5. The van der Waals surface area contributed by atoms with Crippen molar-refractivity contribution in [3.05, 3.63) is 11.8 Å². The van der Waals surface area contributed by atoms with E-state index in [1.807, 2.05) is 0 Å². The van der Waals surface area contributed by atoms with Crippen molar-refractivity contribution < 1.29 is 18.3 Å². The van der Waals surface area contributed by atoms with Gasteiger partial charge >= 0.3 is 6.03 Å². The van der Waals surface area contributed by atoms with E-state index in [0.29, 0.717) is 50.7 Å². The molecule has 2 amide bonds. The number of fused-ring (bicyclic) bond motifs is 1. The Morgan fingerprint density at radius 2 is 1.97 bits per heavy atom. The lowest BCUT2D eigenvalue weighted by Gasteiger charge is -2.41. The molecule has 3 heterocycles. The van der Waals surface area contributed by atoms with E-state index >= 15 is 0 Å². The first-order chi connectivity index (χ1) is 14.1. The molecule has 10 nitrogen and oxygen atoms in total. The summed E-state index contributed by atoms with van der Waals surface area (Å²) >= 11 is 0. The zero-order valence-electron chi connectivity index (χ0n) is 17.7. The highest BCUT2D eigenvalue weighted by Gasteiger charge is 2.46. The van der Waals surface area contributed by atoms with E-state index in [1.165, 1.54) is 10.6 Å². The summed E-state index contributed by atoms with van der Waals surface area (Å²) in [7, 11) is -1.43. The SMILES string of the molecule is CN1Cc2cnc(NC3CCN(S(C)(=O)=O)CC3)nc2N([C@@H]2CCC[C@@]2(C)O)C1=O. The summed E-state index contributed by atoms with van der Waals surface area (Å²) in [5.41, 5.74) is -0.112. The minimum atomic E-state index is -3.17. The largest absolute Gasteiger partial charge is 0.388 e. The van der Waals surface area contributed by atoms with Crippen molar-refractivity contribution in [1.29, 1.82) is 0 Å². The summed E-state index contributed by atoms with van der Waals surface area (Å²) in [6, 6.07) is -0.431. The number of hydrogen-bond donors (Lipinski definition) is 2. The third-order valence-electron chi connectivity index (χ3n) is 6.46. The molecule has 0 spiro atoms. The number of piperidine rings is 1. The number of hydrogen-bond acceptors (Lipinski definition) is 7. The minimum absolute atomic E-state index is 0.0612. The van der Waals surface area contributed by atoms with Crippen molar-refractivity contribution in [2.45, 2.75) is 63.3 Å². The molecule has 2 atom stereocenters. The molecular weight excluding hydrogens is 408 g/mol. The predicted molar refractivity (Wildman–Crippen MR) is 113 cm³/mol. The molecule has 0 aromatic carbocycles. The zero-order chi connectivity index (χ0) is 21.7. The number of carbonyl (C=O) groups is 1. The number of sulfonamides is 1. The molecule has 1 saturated carbocycles. The van der Waals surface area contributed by atoms with Crippen LogP contribution in [0, 0.1) is 0 Å². The number of anilines is 2. The highest BCUT2D eigenvalue weighted by molar-refractivity contribution is 7.88. The van der Waals surface area contributed by atoms with Crippen LogP contribution in [-0.4, -0.2) is 82.8 Å². The van der Waals surface area contributed by atoms with E-state index in [0.717, 1.165) is 18.4 Å². The fourth-order valence-corrected chi connectivity index (χ4v) is 5.59. The van der Waals surface area contributed by atoms with Crippen LogP contribution in [0.3, 0.4) is 0 Å². The fraction of sp³-hybridized carbons (Fsp3) is 0.737. The zero-order valence-corrected chi connectivity index (χ0v) is 18.5. The molecule has 0 radical (unpaired) electrons. The Labute approximate surface area is 177 Å². The van der Waals surface area contributed by atoms with Crippen molar-refractivity contribution >= 4 is 27.8 Å². The van der Waals surface area contributed by atoms with E-state index in [9.17, 15) is 18.3 Å². The van der Waals surface area contributed by atoms with Crippen molar-refractivity contribution in [2.75, 3.05) is 36.6 Å². The van der Waals surface area contributed by atoms with Crippen LogP contribution in [0.15, 0.2) is 6.20 Å². The van der Waals surface area contributed by atoms with E-state index in [-0.39, 0.29) is 18.1 Å². The second kappa shape index (κ2) is 7.61. The maximum absolute atomic E-state index is 13.0. The molecule has 1 aromatic rings. The summed E-state index contributed by atoms with van der Waals surface area (Å²) in [5, 5.41) is 14.1. The van der Waals surface area contributed by atoms with Gasteiger partial charge in [-0.3, -0.25) is 4.90 Å². The van der Waals surface area contributed by atoms with Crippen LogP contribution in [0.4, 0.5) is 16.6 Å². The van der Waals surface area contributed by atoms with Crippen LogP contribution in [0.25, 0.3) is 0 Å². The van der Waals surface area contributed by atoms with Crippen LogP contribution >= 0.6 is 0 Å². The van der Waals surface area contributed by atoms with Gasteiger partial charge in [0.25, 0.3) is 0 Å². The van der Waals surface area contributed by atoms with Gasteiger partial charge in [-0.2, -0.15) is 4.98 Å². The first-order valence-corrected chi connectivity index (χ1v) is 12.3. The topological polar surface area (TPSA) is 119 Å². The van der Waals surface area contributed by atoms with E-state index < -0.39 is 15.6 Å². The molecular formula is C19H30N6O4S. The Kier molecular flexibility index (Phi) is 5.39. The maximum atomic E-state index is 13.0. The summed E-state index contributed by atoms with van der Waals surface area (Å²) in [6.07, 6.45) is 6.52. The van der Waals surface area contributed by atoms with Crippen LogP contribution in [0.1, 0.15) is 44.6 Å².